The largest absolute Gasteiger partial charge is 0.418 e. The topological polar surface area (TPSA) is 56.4 Å². The molecule has 0 aromatic heterocycles. The van der Waals surface area contributed by atoms with E-state index in [1.807, 2.05) is 0 Å². The fourth-order valence-electron chi connectivity index (χ4n) is 3.15. The Hall–Kier alpha value is -3.66. The zero-order chi connectivity index (χ0) is 24.9. The highest BCUT2D eigenvalue weighted by Crippen LogP contribution is 2.36. The summed E-state index contributed by atoms with van der Waals surface area (Å²) < 4.78 is 53.9. The van der Waals surface area contributed by atoms with E-state index in [0.717, 1.165) is 6.07 Å². The van der Waals surface area contributed by atoms with E-state index in [1.165, 1.54) is 29.2 Å². The quantitative estimate of drug-likeness (QED) is 0.308. The number of benzene rings is 3. The smallest absolute Gasteiger partial charge is 0.377 e. The molecule has 0 fully saturated rings. The molecule has 0 atom stereocenters. The van der Waals surface area contributed by atoms with Gasteiger partial charge in [0, 0.05) is 37.7 Å². The Morgan fingerprint density at radius 3 is 2.15 bits per heavy atom. The van der Waals surface area contributed by atoms with Gasteiger partial charge in [-0.15, -0.1) is 0 Å². The number of hydrogen-bond donors (Lipinski definition) is 3. The Morgan fingerprint density at radius 1 is 0.941 bits per heavy atom. The number of thiocarbonyl (C=S) groups is 1. The molecule has 1 amide bonds. The summed E-state index contributed by atoms with van der Waals surface area (Å²) >= 11 is 5.23. The lowest BCUT2D eigenvalue weighted by molar-refractivity contribution is -0.137. The number of amides is 1. The Bertz CT molecular complexity index is 1180. The molecule has 0 unspecified atom stereocenters. The maximum atomic E-state index is 13.7. The highest BCUT2D eigenvalue weighted by Gasteiger charge is 2.34. The van der Waals surface area contributed by atoms with Crippen molar-refractivity contribution in [3.05, 3.63) is 89.2 Å². The molecule has 0 aliphatic rings. The van der Waals surface area contributed by atoms with Gasteiger partial charge < -0.3 is 20.9 Å². The monoisotopic (exact) mass is 490 g/mol. The summed E-state index contributed by atoms with van der Waals surface area (Å²) in [6.07, 6.45) is -4.47. The number of carbonyl (C=O) groups excluding carboxylic acids is 1. The number of rotatable bonds is 6. The molecule has 0 bridgehead atoms. The van der Waals surface area contributed by atoms with Gasteiger partial charge in [-0.05, 0) is 66.3 Å². The molecule has 3 aromatic rings. The Kier molecular flexibility index (Phi) is 7.72. The van der Waals surface area contributed by atoms with E-state index in [4.69, 9.17) is 12.2 Å². The van der Waals surface area contributed by atoms with Crippen molar-refractivity contribution in [1.29, 1.82) is 0 Å². The van der Waals surface area contributed by atoms with Gasteiger partial charge in [0.1, 0.15) is 5.82 Å². The zero-order valence-corrected chi connectivity index (χ0v) is 19.2. The van der Waals surface area contributed by atoms with Crippen LogP contribution in [0.4, 0.5) is 34.6 Å². The fraction of sp³-hybridized carbons (Fsp3) is 0.167. The molecule has 5 nitrogen and oxygen atoms in total. The first-order valence-corrected chi connectivity index (χ1v) is 10.5. The summed E-state index contributed by atoms with van der Waals surface area (Å²) in [4.78, 5) is 13.6. The lowest BCUT2D eigenvalue weighted by Crippen LogP contribution is -2.28. The predicted octanol–water partition coefficient (Wildman–Crippen LogP) is 5.65. The van der Waals surface area contributed by atoms with E-state index in [2.05, 4.69) is 16.0 Å². The van der Waals surface area contributed by atoms with Gasteiger partial charge in [-0.2, -0.15) is 13.2 Å². The second kappa shape index (κ2) is 10.5. The molecule has 0 saturated heterocycles. The third-order valence-corrected chi connectivity index (χ3v) is 5.07. The van der Waals surface area contributed by atoms with Crippen LogP contribution in [0.2, 0.25) is 0 Å². The van der Waals surface area contributed by atoms with Crippen LogP contribution >= 0.6 is 12.2 Å². The van der Waals surface area contributed by atoms with Gasteiger partial charge in [0.15, 0.2) is 5.11 Å². The molecular formula is C24H22F4N4OS. The molecule has 3 rings (SSSR count). The molecule has 0 heterocycles. The Labute approximate surface area is 199 Å². The van der Waals surface area contributed by atoms with Gasteiger partial charge in [0.25, 0.3) is 5.91 Å². The molecule has 3 aromatic carbocycles. The number of nitrogens with zero attached hydrogens (tertiary/aromatic N) is 1. The van der Waals surface area contributed by atoms with Crippen LogP contribution in [0.1, 0.15) is 21.5 Å². The third-order valence-electron chi connectivity index (χ3n) is 4.82. The number of hydrogen-bond acceptors (Lipinski definition) is 3. The van der Waals surface area contributed by atoms with E-state index in [-0.39, 0.29) is 22.9 Å². The zero-order valence-electron chi connectivity index (χ0n) is 18.3. The van der Waals surface area contributed by atoms with Crippen molar-refractivity contribution >= 4 is 40.3 Å². The molecular weight excluding hydrogens is 468 g/mol. The van der Waals surface area contributed by atoms with Crippen LogP contribution in [0.5, 0.6) is 0 Å². The van der Waals surface area contributed by atoms with E-state index < -0.39 is 23.5 Å². The van der Waals surface area contributed by atoms with Crippen LogP contribution in [0.3, 0.4) is 0 Å². The molecule has 0 radical (unpaired) electrons. The van der Waals surface area contributed by atoms with Gasteiger partial charge in [-0.3, -0.25) is 4.79 Å². The van der Waals surface area contributed by atoms with E-state index >= 15 is 0 Å². The van der Waals surface area contributed by atoms with Crippen molar-refractivity contribution in [2.75, 3.05) is 29.6 Å². The van der Waals surface area contributed by atoms with Crippen LogP contribution in [-0.4, -0.2) is 25.1 Å². The lowest BCUT2D eigenvalue weighted by Gasteiger charge is -2.20. The standard InChI is InChI=1S/C24H22F4N4OS/c1-32(2)21-12-7-15(13-19(21)24(26,27)28)14-29-23(34)31-17-10-8-16(9-11-17)30-22(33)18-5-3-4-6-20(18)25/h3-13H,14H2,1-2H3,(H,30,33)(H2,29,31,34). The number of anilines is 3. The second-order valence-electron chi connectivity index (χ2n) is 7.56. The van der Waals surface area contributed by atoms with Crippen molar-refractivity contribution in [1.82, 2.24) is 5.32 Å². The van der Waals surface area contributed by atoms with Gasteiger partial charge in [-0.1, -0.05) is 18.2 Å². The Morgan fingerprint density at radius 2 is 1.56 bits per heavy atom. The minimum Gasteiger partial charge on any atom is -0.377 e. The van der Waals surface area contributed by atoms with E-state index in [9.17, 15) is 22.4 Å². The number of nitrogens with one attached hydrogen (secondary N) is 3. The summed E-state index contributed by atoms with van der Waals surface area (Å²) in [5, 5.41) is 8.62. The number of carbonyl (C=O) groups is 1. The molecule has 10 heteroatoms. The van der Waals surface area contributed by atoms with Gasteiger partial charge in [0.05, 0.1) is 11.1 Å². The highest BCUT2D eigenvalue weighted by atomic mass is 32.1. The van der Waals surface area contributed by atoms with Crippen LogP contribution in [0, 0.1) is 5.82 Å². The summed E-state index contributed by atoms with van der Waals surface area (Å²) in [6.45, 7) is 0.0966. The minimum absolute atomic E-state index is 0.0672. The third kappa shape index (κ3) is 6.44. The van der Waals surface area contributed by atoms with Crippen LogP contribution in [0.25, 0.3) is 0 Å². The normalized spacial score (nSPS) is 11.0. The molecule has 34 heavy (non-hydrogen) atoms. The van der Waals surface area contributed by atoms with E-state index in [1.54, 1.807) is 50.5 Å². The van der Waals surface area contributed by atoms with Crippen molar-refractivity contribution in [3.63, 3.8) is 0 Å². The van der Waals surface area contributed by atoms with Crippen LogP contribution in [-0.2, 0) is 12.7 Å². The maximum absolute atomic E-state index is 13.7. The average molecular weight is 491 g/mol. The summed E-state index contributed by atoms with van der Waals surface area (Å²) in [5.74, 6) is -1.19. The summed E-state index contributed by atoms with van der Waals surface area (Å²) in [6, 6.07) is 16.3. The van der Waals surface area contributed by atoms with Crippen molar-refractivity contribution < 1.29 is 22.4 Å². The molecule has 0 aliphatic carbocycles. The first-order valence-electron chi connectivity index (χ1n) is 10.1. The lowest BCUT2D eigenvalue weighted by atomic mass is 10.1. The second-order valence-corrected chi connectivity index (χ2v) is 7.97. The van der Waals surface area contributed by atoms with Gasteiger partial charge in [0.2, 0.25) is 0 Å². The molecule has 0 spiro atoms. The van der Waals surface area contributed by atoms with E-state index in [0.29, 0.717) is 16.9 Å². The number of alkyl halides is 3. The fourth-order valence-corrected chi connectivity index (χ4v) is 3.34. The van der Waals surface area contributed by atoms with Crippen LogP contribution < -0.4 is 20.9 Å². The molecule has 3 N–H and O–H groups in total. The molecule has 0 aliphatic heterocycles. The van der Waals surface area contributed by atoms with Crippen molar-refractivity contribution in [3.8, 4) is 0 Å². The maximum Gasteiger partial charge on any atom is 0.418 e. The van der Waals surface area contributed by atoms with Gasteiger partial charge in [-0.25, -0.2) is 4.39 Å². The molecule has 178 valence electrons. The van der Waals surface area contributed by atoms with Gasteiger partial charge >= 0.3 is 6.18 Å². The minimum atomic E-state index is -4.47. The van der Waals surface area contributed by atoms with Crippen molar-refractivity contribution in [2.45, 2.75) is 12.7 Å². The highest BCUT2D eigenvalue weighted by molar-refractivity contribution is 7.80. The average Bonchev–Trinajstić information content (AvgIpc) is 2.78. The molecule has 0 saturated carbocycles. The summed E-state index contributed by atoms with van der Waals surface area (Å²) in [7, 11) is 3.11. The Balaban J connectivity index is 1.57. The SMILES string of the molecule is CN(C)c1ccc(CNC(=S)Nc2ccc(NC(=O)c3ccccc3F)cc2)cc1C(F)(F)F. The number of halogens is 4. The first-order chi connectivity index (χ1) is 16.0. The first kappa shape index (κ1) is 25.0. The van der Waals surface area contributed by atoms with Crippen molar-refractivity contribution in [2.24, 2.45) is 0 Å². The predicted molar refractivity (Wildman–Crippen MR) is 130 cm³/mol. The summed E-state index contributed by atoms with van der Waals surface area (Å²) in [5.41, 5.74) is 0.775. The van der Waals surface area contributed by atoms with Crippen LogP contribution in [0.15, 0.2) is 66.7 Å².